The molecule has 13 nitrogen and oxygen atoms in total. The monoisotopic (exact) mass is 458 g/mol. The highest BCUT2D eigenvalue weighted by molar-refractivity contribution is 5.95. The summed E-state index contributed by atoms with van der Waals surface area (Å²) in [5.74, 6) is -6.59. The number of rotatable bonds is 12. The van der Waals surface area contributed by atoms with E-state index in [0.717, 1.165) is 0 Å². The Kier molecular flexibility index (Phi) is 10.0. The van der Waals surface area contributed by atoms with Crippen LogP contribution in [0, 0.1) is 5.92 Å². The second-order valence-corrected chi connectivity index (χ2v) is 7.96. The Hall–Kier alpha value is -3.22. The van der Waals surface area contributed by atoms with Crippen LogP contribution in [-0.4, -0.2) is 86.6 Å². The number of likely N-dealkylation sites (tertiary alicyclic amines) is 1. The van der Waals surface area contributed by atoms with Crippen molar-refractivity contribution in [1.29, 1.82) is 0 Å². The SMILES string of the molecule is CC(C)C(NC(=O)C1CCCN1C(=O)C(N)CCC(=O)O)C(=O)NC(CC(=O)O)C(=O)O. The maximum absolute atomic E-state index is 12.8. The van der Waals surface area contributed by atoms with Crippen LogP contribution in [-0.2, 0) is 28.8 Å². The molecule has 0 aliphatic carbocycles. The third kappa shape index (κ3) is 7.80. The molecule has 0 spiro atoms. The number of carbonyl (C=O) groups is 6. The lowest BCUT2D eigenvalue weighted by Crippen LogP contribution is -2.58. The van der Waals surface area contributed by atoms with Crippen molar-refractivity contribution in [3.63, 3.8) is 0 Å². The van der Waals surface area contributed by atoms with E-state index in [9.17, 15) is 28.8 Å². The molecule has 0 aromatic rings. The van der Waals surface area contributed by atoms with Crippen molar-refractivity contribution in [2.45, 2.75) is 70.1 Å². The first-order chi connectivity index (χ1) is 14.8. The summed E-state index contributed by atoms with van der Waals surface area (Å²) in [7, 11) is 0. The normalized spacial score (nSPS) is 18.5. The molecule has 1 rings (SSSR count). The summed E-state index contributed by atoms with van der Waals surface area (Å²) in [5, 5.41) is 31.3. The molecule has 180 valence electrons. The van der Waals surface area contributed by atoms with Gasteiger partial charge in [0.25, 0.3) is 0 Å². The van der Waals surface area contributed by atoms with Crippen LogP contribution in [0.2, 0.25) is 0 Å². The summed E-state index contributed by atoms with van der Waals surface area (Å²) in [6, 6.07) is -4.84. The van der Waals surface area contributed by atoms with E-state index in [2.05, 4.69) is 10.6 Å². The Bertz CT molecular complexity index is 755. The van der Waals surface area contributed by atoms with Gasteiger partial charge in [-0.15, -0.1) is 0 Å². The molecule has 1 saturated heterocycles. The van der Waals surface area contributed by atoms with Crippen LogP contribution in [0.1, 0.15) is 46.0 Å². The first-order valence-electron chi connectivity index (χ1n) is 10.2. The number of carbonyl (C=O) groups excluding carboxylic acids is 3. The first kappa shape index (κ1) is 26.8. The number of carboxylic acids is 3. The van der Waals surface area contributed by atoms with Crippen molar-refractivity contribution in [2.75, 3.05) is 6.54 Å². The van der Waals surface area contributed by atoms with Crippen LogP contribution in [0.4, 0.5) is 0 Å². The molecule has 0 radical (unpaired) electrons. The van der Waals surface area contributed by atoms with Crippen molar-refractivity contribution >= 4 is 35.6 Å². The van der Waals surface area contributed by atoms with Gasteiger partial charge in [0.1, 0.15) is 18.1 Å². The fourth-order valence-electron chi connectivity index (χ4n) is 3.34. The molecule has 4 atom stereocenters. The van der Waals surface area contributed by atoms with Crippen molar-refractivity contribution in [1.82, 2.24) is 15.5 Å². The zero-order valence-electron chi connectivity index (χ0n) is 17.9. The van der Waals surface area contributed by atoms with Gasteiger partial charge in [0.2, 0.25) is 17.7 Å². The summed E-state index contributed by atoms with van der Waals surface area (Å²) in [6.07, 6.45) is -0.399. The van der Waals surface area contributed by atoms with Crippen molar-refractivity contribution in [3.8, 4) is 0 Å². The standard InChI is InChI=1S/C19H30N4O9/c1-9(2)15(17(29)21-11(19(31)32)8-14(26)27)22-16(28)12-4-3-7-23(12)18(30)10(20)5-6-13(24)25/h9-12,15H,3-8,20H2,1-2H3,(H,21,29)(H,22,28)(H,24,25)(H,26,27)(H,31,32). The van der Waals surface area contributed by atoms with Gasteiger partial charge in [-0.05, 0) is 25.2 Å². The second-order valence-electron chi connectivity index (χ2n) is 7.96. The highest BCUT2D eigenvalue weighted by Crippen LogP contribution is 2.20. The largest absolute Gasteiger partial charge is 0.481 e. The van der Waals surface area contributed by atoms with Crippen LogP contribution in [0.25, 0.3) is 0 Å². The molecule has 3 amide bonds. The maximum Gasteiger partial charge on any atom is 0.326 e. The Morgan fingerprint density at radius 3 is 2.16 bits per heavy atom. The highest BCUT2D eigenvalue weighted by atomic mass is 16.4. The minimum atomic E-state index is -1.67. The molecule has 0 saturated carbocycles. The van der Waals surface area contributed by atoms with Crippen LogP contribution in [0.3, 0.4) is 0 Å². The topological polar surface area (TPSA) is 216 Å². The number of aliphatic carboxylic acids is 3. The van der Waals surface area contributed by atoms with E-state index in [4.69, 9.17) is 21.1 Å². The lowest BCUT2D eigenvalue weighted by atomic mass is 10.0. The van der Waals surface area contributed by atoms with Crippen LogP contribution in [0.5, 0.6) is 0 Å². The lowest BCUT2D eigenvalue weighted by molar-refractivity contribution is -0.147. The lowest BCUT2D eigenvalue weighted by Gasteiger charge is -2.29. The number of carboxylic acid groups (broad SMARTS) is 3. The smallest absolute Gasteiger partial charge is 0.326 e. The van der Waals surface area contributed by atoms with Crippen molar-refractivity contribution in [2.24, 2.45) is 11.7 Å². The number of nitrogens with two attached hydrogens (primary N) is 1. The molecule has 1 fully saturated rings. The van der Waals surface area contributed by atoms with E-state index in [1.54, 1.807) is 13.8 Å². The number of hydrogen-bond donors (Lipinski definition) is 6. The molecule has 1 aliphatic rings. The van der Waals surface area contributed by atoms with Gasteiger partial charge in [0, 0.05) is 13.0 Å². The Labute approximate surface area is 184 Å². The average molecular weight is 458 g/mol. The van der Waals surface area contributed by atoms with Gasteiger partial charge in [-0.25, -0.2) is 4.79 Å². The molecular formula is C19H30N4O9. The van der Waals surface area contributed by atoms with E-state index >= 15 is 0 Å². The van der Waals surface area contributed by atoms with Crippen LogP contribution >= 0.6 is 0 Å². The first-order valence-corrected chi connectivity index (χ1v) is 10.2. The Morgan fingerprint density at radius 1 is 1.03 bits per heavy atom. The summed E-state index contributed by atoms with van der Waals surface area (Å²) >= 11 is 0. The quantitative estimate of drug-likeness (QED) is 0.196. The molecule has 0 aromatic heterocycles. The molecule has 1 heterocycles. The van der Waals surface area contributed by atoms with Crippen molar-refractivity contribution < 1.29 is 44.1 Å². The minimum absolute atomic E-state index is 0.0871. The maximum atomic E-state index is 12.8. The van der Waals surface area contributed by atoms with Crippen molar-refractivity contribution in [3.05, 3.63) is 0 Å². The molecule has 0 aromatic carbocycles. The average Bonchev–Trinajstić information content (AvgIpc) is 3.17. The van der Waals surface area contributed by atoms with Gasteiger partial charge in [-0.3, -0.25) is 24.0 Å². The number of amides is 3. The summed E-state index contributed by atoms with van der Waals surface area (Å²) in [5.41, 5.74) is 5.77. The fourth-order valence-corrected chi connectivity index (χ4v) is 3.34. The second kappa shape index (κ2) is 12.0. The molecule has 7 N–H and O–H groups in total. The Morgan fingerprint density at radius 2 is 1.66 bits per heavy atom. The molecule has 1 aliphatic heterocycles. The van der Waals surface area contributed by atoms with Crippen LogP contribution < -0.4 is 16.4 Å². The van der Waals surface area contributed by atoms with E-state index in [1.807, 2.05) is 0 Å². The summed E-state index contributed by atoms with van der Waals surface area (Å²) < 4.78 is 0. The summed E-state index contributed by atoms with van der Waals surface area (Å²) in [4.78, 5) is 72.0. The van der Waals surface area contributed by atoms with Gasteiger partial charge in [0.05, 0.1) is 12.5 Å². The third-order valence-corrected chi connectivity index (χ3v) is 5.07. The fraction of sp³-hybridized carbons (Fsp3) is 0.684. The van der Waals surface area contributed by atoms with Crippen LogP contribution in [0.15, 0.2) is 0 Å². The number of hydrogen-bond acceptors (Lipinski definition) is 7. The predicted molar refractivity (Wildman–Crippen MR) is 108 cm³/mol. The zero-order chi connectivity index (χ0) is 24.6. The van der Waals surface area contributed by atoms with Gasteiger partial charge in [0.15, 0.2) is 0 Å². The summed E-state index contributed by atoms with van der Waals surface area (Å²) in [6.45, 7) is 3.46. The van der Waals surface area contributed by atoms with Gasteiger partial charge in [-0.2, -0.15) is 0 Å². The molecule has 0 bridgehead atoms. The van der Waals surface area contributed by atoms with E-state index < -0.39 is 72.1 Å². The predicted octanol–water partition coefficient (Wildman–Crippen LogP) is -1.65. The molecule has 4 unspecified atom stereocenters. The zero-order valence-corrected chi connectivity index (χ0v) is 17.9. The minimum Gasteiger partial charge on any atom is -0.481 e. The third-order valence-electron chi connectivity index (χ3n) is 5.07. The van der Waals surface area contributed by atoms with E-state index in [0.29, 0.717) is 12.8 Å². The highest BCUT2D eigenvalue weighted by Gasteiger charge is 2.38. The molecule has 32 heavy (non-hydrogen) atoms. The number of nitrogens with zero attached hydrogens (tertiary/aromatic N) is 1. The Balaban J connectivity index is 2.86. The number of nitrogens with one attached hydrogen (secondary N) is 2. The van der Waals surface area contributed by atoms with E-state index in [-0.39, 0.29) is 19.4 Å². The van der Waals surface area contributed by atoms with Gasteiger partial charge in [-0.1, -0.05) is 13.8 Å². The van der Waals surface area contributed by atoms with E-state index in [1.165, 1.54) is 4.90 Å². The van der Waals surface area contributed by atoms with Gasteiger partial charge >= 0.3 is 17.9 Å². The molecular weight excluding hydrogens is 428 g/mol. The van der Waals surface area contributed by atoms with Gasteiger partial charge < -0.3 is 36.6 Å². The molecule has 13 heteroatoms.